The van der Waals surface area contributed by atoms with Crippen molar-refractivity contribution in [2.24, 2.45) is 0 Å². The van der Waals surface area contributed by atoms with Gasteiger partial charge in [-0.05, 0) is 60.0 Å². The van der Waals surface area contributed by atoms with E-state index in [4.69, 9.17) is 16.0 Å². The normalized spacial score (nSPS) is 11.1. The number of benzene rings is 6. The highest BCUT2D eigenvalue weighted by atomic mass is 35.5. The molecule has 0 N–H and O–H groups in total. The van der Waals surface area contributed by atoms with Crippen LogP contribution in [0.25, 0.3) is 21.7 Å². The van der Waals surface area contributed by atoms with Gasteiger partial charge in [0.05, 0.1) is 22.1 Å². The molecule has 1 aromatic heterocycles. The smallest absolute Gasteiger partial charge is 0.143 e. The lowest BCUT2D eigenvalue weighted by Gasteiger charge is -2.30. The molecule has 0 spiro atoms. The molecule has 6 aromatic carbocycles. The van der Waals surface area contributed by atoms with E-state index in [1.807, 2.05) is 73.0 Å². The summed E-state index contributed by atoms with van der Waals surface area (Å²) in [5, 5.41) is 3.88. The lowest BCUT2D eigenvalue weighted by atomic mass is 10.1. The number of para-hydroxylation sites is 3. The molecule has 0 aliphatic rings. The fraction of sp³-hybridized carbons (Fsp3) is 0. The van der Waals surface area contributed by atoms with Crippen molar-refractivity contribution in [1.29, 1.82) is 0 Å². The van der Waals surface area contributed by atoms with Crippen molar-refractivity contribution in [2.45, 2.75) is 0 Å². The van der Waals surface area contributed by atoms with E-state index in [2.05, 4.69) is 88.7 Å². The van der Waals surface area contributed by atoms with E-state index in [1.165, 1.54) is 0 Å². The van der Waals surface area contributed by atoms with E-state index in [0.29, 0.717) is 5.02 Å². The fourth-order valence-electron chi connectivity index (χ4n) is 5.34. The summed E-state index contributed by atoms with van der Waals surface area (Å²) in [6.45, 7) is 0. The first-order valence-corrected chi connectivity index (χ1v) is 13.6. The minimum absolute atomic E-state index is 0.634. The third kappa shape index (κ3) is 4.17. The van der Waals surface area contributed by atoms with Crippen molar-refractivity contribution in [2.75, 3.05) is 9.80 Å². The van der Waals surface area contributed by atoms with Crippen LogP contribution >= 0.6 is 11.6 Å². The van der Waals surface area contributed by atoms with Crippen LogP contribution in [0.5, 0.6) is 0 Å². The van der Waals surface area contributed by atoms with Gasteiger partial charge in [-0.15, -0.1) is 0 Å². The quantitative estimate of drug-likeness (QED) is 0.211. The molecule has 0 unspecified atom stereocenters. The number of hydrogen-bond acceptors (Lipinski definition) is 3. The van der Waals surface area contributed by atoms with Gasteiger partial charge in [-0.3, -0.25) is 0 Å². The van der Waals surface area contributed by atoms with Crippen LogP contribution in [0.4, 0.5) is 34.1 Å². The largest absolute Gasteiger partial charge is 0.461 e. The number of nitrogens with zero attached hydrogens (tertiary/aromatic N) is 2. The second-order valence-corrected chi connectivity index (χ2v) is 9.95. The van der Waals surface area contributed by atoms with Crippen LogP contribution in [0.3, 0.4) is 0 Å². The average molecular weight is 537 g/mol. The third-order valence-electron chi connectivity index (χ3n) is 7.17. The maximum Gasteiger partial charge on any atom is 0.143 e. The summed E-state index contributed by atoms with van der Waals surface area (Å²) >= 11 is 7.40. The van der Waals surface area contributed by atoms with E-state index in [1.54, 1.807) is 0 Å². The summed E-state index contributed by atoms with van der Waals surface area (Å²) in [4.78, 5) is 4.37. The molecular weight excluding hydrogens is 512 g/mol. The highest BCUT2D eigenvalue weighted by Crippen LogP contribution is 2.48. The second-order valence-electron chi connectivity index (χ2n) is 9.57. The highest BCUT2D eigenvalue weighted by molar-refractivity contribution is 6.36. The van der Waals surface area contributed by atoms with Gasteiger partial charge in [-0.1, -0.05) is 103 Å². The molecule has 0 fully saturated rings. The van der Waals surface area contributed by atoms with Gasteiger partial charge in [0, 0.05) is 27.8 Å². The zero-order chi connectivity index (χ0) is 26.9. The lowest BCUT2D eigenvalue weighted by Crippen LogP contribution is -2.14. The zero-order valence-electron chi connectivity index (χ0n) is 21.6. The Morgan fingerprint density at radius 3 is 1.57 bits per heavy atom. The lowest BCUT2D eigenvalue weighted by molar-refractivity contribution is 0.619. The Kier molecular flexibility index (Phi) is 6.19. The second kappa shape index (κ2) is 10.3. The summed E-state index contributed by atoms with van der Waals surface area (Å²) in [6.07, 6.45) is 1.83. The summed E-state index contributed by atoms with van der Waals surface area (Å²) in [6, 6.07) is 49.6. The Balaban J connectivity index is 1.46. The maximum absolute atomic E-state index is 7.40. The number of furan rings is 1. The standard InChI is InChI=1S/C36H25ClN2O/c37-35-32(38(27-14-4-1-5-15-27)28-16-6-2-7-17-28)21-12-22-33(35)39(29-18-8-3-9-19-29)34-25-40-36-30-20-11-10-13-26(30)23-24-31(34)36/h1-25H. The molecule has 1 heterocycles. The van der Waals surface area contributed by atoms with Gasteiger partial charge < -0.3 is 14.2 Å². The van der Waals surface area contributed by atoms with E-state index in [-0.39, 0.29) is 0 Å². The monoisotopic (exact) mass is 536 g/mol. The highest BCUT2D eigenvalue weighted by Gasteiger charge is 2.24. The van der Waals surface area contributed by atoms with E-state index in [9.17, 15) is 0 Å². The van der Waals surface area contributed by atoms with Gasteiger partial charge in [-0.25, -0.2) is 0 Å². The summed E-state index contributed by atoms with van der Waals surface area (Å²) in [7, 11) is 0. The zero-order valence-corrected chi connectivity index (χ0v) is 22.4. The Morgan fingerprint density at radius 1 is 0.425 bits per heavy atom. The first-order valence-electron chi connectivity index (χ1n) is 13.2. The Morgan fingerprint density at radius 2 is 0.950 bits per heavy atom. The number of anilines is 6. The molecule has 4 heteroatoms. The minimum Gasteiger partial charge on any atom is -0.461 e. The van der Waals surface area contributed by atoms with Crippen LogP contribution in [0.1, 0.15) is 0 Å². The molecule has 0 aliphatic heterocycles. The third-order valence-corrected chi connectivity index (χ3v) is 7.56. The number of rotatable bonds is 6. The number of halogens is 1. The van der Waals surface area contributed by atoms with Crippen LogP contribution in [0.15, 0.2) is 156 Å². The molecule has 0 bridgehead atoms. The van der Waals surface area contributed by atoms with Gasteiger partial charge >= 0.3 is 0 Å². The van der Waals surface area contributed by atoms with Crippen LogP contribution in [0.2, 0.25) is 5.02 Å². The molecule has 0 amide bonds. The number of hydrogen-bond donors (Lipinski definition) is 0. The molecule has 40 heavy (non-hydrogen) atoms. The molecule has 7 aromatic rings. The van der Waals surface area contributed by atoms with Crippen molar-refractivity contribution < 1.29 is 4.42 Å². The fourth-order valence-corrected chi connectivity index (χ4v) is 5.64. The van der Waals surface area contributed by atoms with Gasteiger partial charge in [0.15, 0.2) is 0 Å². The first-order chi connectivity index (χ1) is 19.8. The molecule has 0 saturated carbocycles. The molecule has 0 saturated heterocycles. The van der Waals surface area contributed by atoms with Gasteiger partial charge in [0.25, 0.3) is 0 Å². The van der Waals surface area contributed by atoms with E-state index in [0.717, 1.165) is 55.9 Å². The Labute approximate surface area is 238 Å². The SMILES string of the molecule is Clc1c(N(c2ccccc2)c2ccccc2)cccc1N(c1ccccc1)c1coc2c1ccc1ccccc12. The summed E-state index contributed by atoms with van der Waals surface area (Å²) in [5.41, 5.74) is 6.57. The maximum atomic E-state index is 7.40. The van der Waals surface area contributed by atoms with Crippen LogP contribution in [-0.4, -0.2) is 0 Å². The molecule has 3 nitrogen and oxygen atoms in total. The predicted octanol–water partition coefficient (Wildman–Crippen LogP) is 11.2. The van der Waals surface area contributed by atoms with Gasteiger partial charge in [0.2, 0.25) is 0 Å². The predicted molar refractivity (Wildman–Crippen MR) is 168 cm³/mol. The molecule has 0 radical (unpaired) electrons. The molecule has 0 atom stereocenters. The molecule has 7 rings (SSSR count). The molecule has 0 aliphatic carbocycles. The van der Waals surface area contributed by atoms with Crippen LogP contribution < -0.4 is 9.80 Å². The van der Waals surface area contributed by atoms with Gasteiger partial charge in [0.1, 0.15) is 11.8 Å². The van der Waals surface area contributed by atoms with Crippen LogP contribution in [-0.2, 0) is 0 Å². The van der Waals surface area contributed by atoms with Gasteiger partial charge in [-0.2, -0.15) is 0 Å². The number of fused-ring (bicyclic) bond motifs is 3. The summed E-state index contributed by atoms with van der Waals surface area (Å²) in [5.74, 6) is 0. The average Bonchev–Trinajstić information content (AvgIpc) is 3.45. The van der Waals surface area contributed by atoms with Crippen molar-refractivity contribution in [1.82, 2.24) is 0 Å². The van der Waals surface area contributed by atoms with Crippen LogP contribution in [0, 0.1) is 0 Å². The first kappa shape index (κ1) is 24.1. The minimum atomic E-state index is 0.634. The molecule has 192 valence electrons. The Bertz CT molecular complexity index is 1880. The Hall–Kier alpha value is -4.99. The topological polar surface area (TPSA) is 19.6 Å². The van der Waals surface area contributed by atoms with E-state index < -0.39 is 0 Å². The van der Waals surface area contributed by atoms with Crippen molar-refractivity contribution in [3.05, 3.63) is 157 Å². The van der Waals surface area contributed by atoms with E-state index >= 15 is 0 Å². The van der Waals surface area contributed by atoms with Crippen molar-refractivity contribution in [3.8, 4) is 0 Å². The van der Waals surface area contributed by atoms with Crippen molar-refractivity contribution >= 4 is 67.5 Å². The van der Waals surface area contributed by atoms with Crippen molar-refractivity contribution in [3.63, 3.8) is 0 Å². The molecular formula is C36H25ClN2O. The summed E-state index contributed by atoms with van der Waals surface area (Å²) < 4.78 is 6.25.